The lowest BCUT2D eigenvalue weighted by Crippen LogP contribution is -1.98. The Morgan fingerprint density at radius 2 is 2.09 bits per heavy atom. The number of nitrogens with zero attached hydrogens (tertiary/aromatic N) is 1. The number of aromatic nitrogens is 2. The van der Waals surface area contributed by atoms with Crippen molar-refractivity contribution >= 4 is 33.8 Å². The molecule has 0 aliphatic rings. The first-order chi connectivity index (χ1) is 5.29. The molecule has 0 saturated carbocycles. The van der Waals surface area contributed by atoms with Crippen molar-refractivity contribution < 1.29 is 0 Å². The Bertz CT molecular complexity index is 443. The molecule has 1 aromatic heterocycles. The van der Waals surface area contributed by atoms with Crippen molar-refractivity contribution in [2.45, 2.75) is 0 Å². The van der Waals surface area contributed by atoms with Gasteiger partial charge >= 0.3 is 0 Å². The number of para-hydroxylation sites is 1. The predicted molar refractivity (Wildman–Crippen MR) is 52.0 cm³/mol. The molecule has 1 N–H and O–H groups in total. The molecular formula is C7H5IN2O. The maximum atomic E-state index is 11.1. The first kappa shape index (κ1) is 6.90. The quantitative estimate of drug-likeness (QED) is 0.716. The van der Waals surface area contributed by atoms with Gasteiger partial charge in [0.2, 0.25) is 0 Å². The van der Waals surface area contributed by atoms with Crippen LogP contribution in [0.3, 0.4) is 0 Å². The molecule has 0 atom stereocenters. The minimum Gasteiger partial charge on any atom is -0.267 e. The molecule has 0 aliphatic heterocycles. The van der Waals surface area contributed by atoms with Crippen LogP contribution in [0.15, 0.2) is 29.1 Å². The van der Waals surface area contributed by atoms with Gasteiger partial charge in [0.15, 0.2) is 0 Å². The van der Waals surface area contributed by atoms with Crippen LogP contribution in [0.25, 0.3) is 10.9 Å². The van der Waals surface area contributed by atoms with Crippen molar-refractivity contribution in [1.82, 2.24) is 7.99 Å². The summed E-state index contributed by atoms with van der Waals surface area (Å²) in [7, 11) is 0. The third-order valence-electron chi connectivity index (χ3n) is 1.56. The van der Waals surface area contributed by atoms with Crippen molar-refractivity contribution in [3.8, 4) is 0 Å². The van der Waals surface area contributed by atoms with Crippen molar-refractivity contribution in [2.24, 2.45) is 0 Å². The van der Waals surface area contributed by atoms with Gasteiger partial charge < -0.3 is 0 Å². The smallest absolute Gasteiger partial charge is 0.267 e. The van der Waals surface area contributed by atoms with Gasteiger partial charge in [-0.25, -0.2) is 2.90 Å². The van der Waals surface area contributed by atoms with Crippen molar-refractivity contribution in [2.75, 3.05) is 0 Å². The SMILES string of the molecule is O=c1[nH]n(I)c2ccccc12. The van der Waals surface area contributed by atoms with Crippen LogP contribution in [0.4, 0.5) is 0 Å². The standard InChI is InChI=1S/C7H5IN2O/c8-10-6-4-2-1-3-5(6)7(11)9-10/h1-4H,(H,9,11). The number of benzene rings is 1. The second-order valence-corrected chi connectivity index (χ2v) is 3.20. The molecule has 0 aliphatic carbocycles. The fraction of sp³-hybridized carbons (Fsp3) is 0. The fourth-order valence-corrected chi connectivity index (χ4v) is 1.69. The van der Waals surface area contributed by atoms with Gasteiger partial charge in [-0.1, -0.05) is 12.1 Å². The molecular weight excluding hydrogens is 255 g/mol. The van der Waals surface area contributed by atoms with Crippen LogP contribution in [-0.2, 0) is 0 Å². The minimum absolute atomic E-state index is 0.0324. The van der Waals surface area contributed by atoms with E-state index >= 15 is 0 Å². The van der Waals surface area contributed by atoms with Gasteiger partial charge in [0, 0.05) is 0 Å². The number of aromatic amines is 1. The summed E-state index contributed by atoms with van der Waals surface area (Å²) in [6, 6.07) is 7.47. The number of H-pyrrole nitrogens is 1. The van der Waals surface area contributed by atoms with Crippen LogP contribution in [0.5, 0.6) is 0 Å². The summed E-state index contributed by atoms with van der Waals surface area (Å²) in [6.45, 7) is 0. The highest BCUT2D eigenvalue weighted by atomic mass is 127. The zero-order valence-corrected chi connectivity index (χ0v) is 7.70. The molecule has 0 amide bonds. The maximum Gasteiger partial charge on any atom is 0.272 e. The zero-order chi connectivity index (χ0) is 7.84. The summed E-state index contributed by atoms with van der Waals surface area (Å²) in [4.78, 5) is 11.1. The van der Waals surface area contributed by atoms with Gasteiger partial charge in [-0.05, 0) is 12.1 Å². The van der Waals surface area contributed by atoms with E-state index < -0.39 is 0 Å². The van der Waals surface area contributed by atoms with Crippen LogP contribution in [0, 0.1) is 0 Å². The molecule has 56 valence electrons. The predicted octanol–water partition coefficient (Wildman–Crippen LogP) is 1.53. The normalized spacial score (nSPS) is 10.6. The molecule has 0 fully saturated rings. The number of hydrogen-bond donors (Lipinski definition) is 1. The van der Waals surface area contributed by atoms with Gasteiger partial charge in [-0.3, -0.25) is 9.89 Å². The van der Waals surface area contributed by atoms with Gasteiger partial charge in [-0.15, -0.1) is 0 Å². The summed E-state index contributed by atoms with van der Waals surface area (Å²) >= 11 is 2.04. The molecule has 3 nitrogen and oxygen atoms in total. The zero-order valence-electron chi connectivity index (χ0n) is 5.54. The summed E-state index contributed by atoms with van der Waals surface area (Å²) in [5.74, 6) is 0. The van der Waals surface area contributed by atoms with Crippen LogP contribution in [-0.4, -0.2) is 7.99 Å². The minimum atomic E-state index is -0.0324. The van der Waals surface area contributed by atoms with Crippen molar-refractivity contribution in [1.29, 1.82) is 0 Å². The van der Waals surface area contributed by atoms with E-state index in [1.807, 2.05) is 47.1 Å². The van der Waals surface area contributed by atoms with E-state index in [1.165, 1.54) is 0 Å². The number of nitrogens with one attached hydrogen (secondary N) is 1. The highest BCUT2D eigenvalue weighted by molar-refractivity contribution is 14.1. The molecule has 0 saturated heterocycles. The van der Waals surface area contributed by atoms with E-state index in [9.17, 15) is 4.79 Å². The number of rotatable bonds is 0. The van der Waals surface area contributed by atoms with Crippen LogP contribution in [0.1, 0.15) is 0 Å². The first-order valence-electron chi connectivity index (χ1n) is 3.15. The monoisotopic (exact) mass is 260 g/mol. The molecule has 0 bridgehead atoms. The van der Waals surface area contributed by atoms with E-state index in [-0.39, 0.29) is 5.56 Å². The molecule has 1 heterocycles. The van der Waals surface area contributed by atoms with E-state index in [2.05, 4.69) is 5.10 Å². The van der Waals surface area contributed by atoms with Gasteiger partial charge in [0.1, 0.15) is 0 Å². The molecule has 1 aromatic carbocycles. The lowest BCUT2D eigenvalue weighted by atomic mass is 10.3. The maximum absolute atomic E-state index is 11.1. The van der Waals surface area contributed by atoms with Gasteiger partial charge in [0.25, 0.3) is 5.56 Å². The third kappa shape index (κ3) is 0.973. The Labute approximate surface area is 76.5 Å². The Morgan fingerprint density at radius 3 is 2.82 bits per heavy atom. The fourth-order valence-electron chi connectivity index (χ4n) is 1.05. The Kier molecular flexibility index (Phi) is 1.49. The number of halogens is 1. The average molecular weight is 260 g/mol. The molecule has 0 unspecified atom stereocenters. The van der Waals surface area contributed by atoms with E-state index in [1.54, 1.807) is 2.90 Å². The van der Waals surface area contributed by atoms with Crippen LogP contribution in [0.2, 0.25) is 0 Å². The van der Waals surface area contributed by atoms with Crippen LogP contribution < -0.4 is 5.56 Å². The van der Waals surface area contributed by atoms with Crippen molar-refractivity contribution in [3.63, 3.8) is 0 Å². The Morgan fingerprint density at radius 1 is 1.36 bits per heavy atom. The number of fused-ring (bicyclic) bond motifs is 1. The van der Waals surface area contributed by atoms with E-state index in [0.717, 1.165) is 10.9 Å². The van der Waals surface area contributed by atoms with E-state index in [0.29, 0.717) is 0 Å². The lowest BCUT2D eigenvalue weighted by Gasteiger charge is -1.88. The highest BCUT2D eigenvalue weighted by Crippen LogP contribution is 2.09. The molecule has 2 aromatic rings. The van der Waals surface area contributed by atoms with Crippen LogP contribution >= 0.6 is 22.9 Å². The second kappa shape index (κ2) is 2.37. The molecule has 11 heavy (non-hydrogen) atoms. The summed E-state index contributed by atoms with van der Waals surface area (Å²) < 4.78 is 1.69. The average Bonchev–Trinajstić information content (AvgIpc) is 2.30. The number of hydrogen-bond acceptors (Lipinski definition) is 1. The summed E-state index contributed by atoms with van der Waals surface area (Å²) in [5, 5.41) is 3.40. The topological polar surface area (TPSA) is 37.8 Å². The first-order valence-corrected chi connectivity index (χ1v) is 4.11. The Hall–Kier alpha value is -0.780. The van der Waals surface area contributed by atoms with E-state index in [4.69, 9.17) is 0 Å². The lowest BCUT2D eigenvalue weighted by molar-refractivity contribution is 1.05. The Balaban J connectivity index is 3.07. The highest BCUT2D eigenvalue weighted by Gasteiger charge is 2.00. The third-order valence-corrected chi connectivity index (χ3v) is 2.32. The summed E-state index contributed by atoms with van der Waals surface area (Å²) in [5.41, 5.74) is 0.896. The van der Waals surface area contributed by atoms with Gasteiger partial charge in [-0.2, -0.15) is 0 Å². The van der Waals surface area contributed by atoms with Crippen molar-refractivity contribution in [3.05, 3.63) is 34.6 Å². The summed E-state index contributed by atoms with van der Waals surface area (Å²) in [6.07, 6.45) is 0. The van der Waals surface area contributed by atoms with Gasteiger partial charge in [0.05, 0.1) is 33.8 Å². The largest absolute Gasteiger partial charge is 0.272 e. The second-order valence-electron chi connectivity index (χ2n) is 2.24. The molecule has 2 rings (SSSR count). The molecule has 0 spiro atoms. The molecule has 0 radical (unpaired) electrons. The molecule has 4 heteroatoms.